The molecule has 0 saturated carbocycles. The molecule has 1 fully saturated rings. The summed E-state index contributed by atoms with van der Waals surface area (Å²) < 4.78 is 5.78. The van der Waals surface area contributed by atoms with Crippen molar-refractivity contribution in [3.63, 3.8) is 0 Å². The first-order chi connectivity index (χ1) is 12.0. The fraction of sp³-hybridized carbons (Fsp3) is 0.579. The lowest BCUT2D eigenvalue weighted by molar-refractivity contribution is -0.0704. The lowest BCUT2D eigenvalue weighted by atomic mass is 10.1. The molecule has 0 bridgehead atoms. The lowest BCUT2D eigenvalue weighted by Crippen LogP contribution is -2.45. The third-order valence-corrected chi connectivity index (χ3v) is 4.32. The fourth-order valence-electron chi connectivity index (χ4n) is 3.19. The van der Waals surface area contributed by atoms with Gasteiger partial charge in [0.05, 0.1) is 24.7 Å². The molecule has 1 saturated heterocycles. The second-order valence-corrected chi connectivity index (χ2v) is 6.67. The number of hydrogen-bond acceptors (Lipinski definition) is 4. The summed E-state index contributed by atoms with van der Waals surface area (Å²) in [7, 11) is 0. The van der Waals surface area contributed by atoms with Gasteiger partial charge < -0.3 is 15.4 Å². The number of hydrogen-bond donors (Lipinski definition) is 2. The first-order valence-electron chi connectivity index (χ1n) is 8.92. The minimum atomic E-state index is -0.265. The Morgan fingerprint density at radius 1 is 1.36 bits per heavy atom. The van der Waals surface area contributed by atoms with E-state index in [1.54, 1.807) is 0 Å². The van der Waals surface area contributed by atoms with Crippen LogP contribution in [0.15, 0.2) is 24.3 Å². The van der Waals surface area contributed by atoms with E-state index in [1.807, 2.05) is 31.2 Å². The lowest BCUT2D eigenvalue weighted by Gasteiger charge is -2.35. The Hall–Kier alpha value is -2.10. The van der Waals surface area contributed by atoms with Gasteiger partial charge in [0.25, 0.3) is 0 Å². The van der Waals surface area contributed by atoms with Crippen molar-refractivity contribution in [2.45, 2.75) is 58.4 Å². The Morgan fingerprint density at radius 2 is 2.04 bits per heavy atom. The van der Waals surface area contributed by atoms with Crippen LogP contribution >= 0.6 is 0 Å². The van der Waals surface area contributed by atoms with Gasteiger partial charge in [-0.3, -0.25) is 4.90 Å². The summed E-state index contributed by atoms with van der Waals surface area (Å²) in [5.74, 6) is 0. The number of nitrogens with zero attached hydrogens (tertiary/aromatic N) is 2. The number of para-hydroxylation sites is 1. The topological polar surface area (TPSA) is 77.4 Å². The Kier molecular flexibility index (Phi) is 7.23. The van der Waals surface area contributed by atoms with Crippen molar-refractivity contribution in [3.8, 4) is 6.07 Å². The van der Waals surface area contributed by atoms with Crippen molar-refractivity contribution >= 4 is 11.7 Å². The summed E-state index contributed by atoms with van der Waals surface area (Å²) in [6, 6.07) is 9.55. The number of nitriles is 1. The van der Waals surface area contributed by atoms with Crippen LogP contribution in [0.4, 0.5) is 10.5 Å². The van der Waals surface area contributed by atoms with Gasteiger partial charge >= 0.3 is 6.03 Å². The zero-order valence-electron chi connectivity index (χ0n) is 15.3. The van der Waals surface area contributed by atoms with Gasteiger partial charge in [0, 0.05) is 31.4 Å². The highest BCUT2D eigenvalue weighted by atomic mass is 16.5. The summed E-state index contributed by atoms with van der Waals surface area (Å²) >= 11 is 0. The van der Waals surface area contributed by atoms with Gasteiger partial charge in [-0.15, -0.1) is 0 Å². The largest absolute Gasteiger partial charge is 0.373 e. The molecule has 1 aliphatic rings. The van der Waals surface area contributed by atoms with Crippen molar-refractivity contribution in [3.05, 3.63) is 29.8 Å². The number of nitrogens with one attached hydrogen (secondary N) is 2. The summed E-state index contributed by atoms with van der Waals surface area (Å²) in [4.78, 5) is 14.6. The minimum Gasteiger partial charge on any atom is -0.373 e. The number of carbonyl (C=O) groups excluding carboxylic acids is 1. The highest BCUT2D eigenvalue weighted by Gasteiger charge is 2.23. The fourth-order valence-corrected chi connectivity index (χ4v) is 3.19. The van der Waals surface area contributed by atoms with Gasteiger partial charge in [0.2, 0.25) is 0 Å². The number of amides is 2. The quantitative estimate of drug-likeness (QED) is 0.831. The van der Waals surface area contributed by atoms with Gasteiger partial charge in [-0.1, -0.05) is 25.1 Å². The molecule has 6 heteroatoms. The van der Waals surface area contributed by atoms with E-state index in [9.17, 15) is 4.79 Å². The van der Waals surface area contributed by atoms with E-state index < -0.39 is 0 Å². The van der Waals surface area contributed by atoms with Crippen LogP contribution in [0, 0.1) is 11.3 Å². The number of anilines is 1. The third-order valence-electron chi connectivity index (χ3n) is 4.32. The average Bonchev–Trinajstić information content (AvgIpc) is 2.55. The second kappa shape index (κ2) is 9.40. The first kappa shape index (κ1) is 19.2. The molecule has 0 unspecified atom stereocenters. The van der Waals surface area contributed by atoms with Crippen LogP contribution in [0.2, 0.25) is 0 Å². The molecule has 2 amide bonds. The molecule has 1 aromatic rings. The van der Waals surface area contributed by atoms with Crippen molar-refractivity contribution in [1.82, 2.24) is 10.2 Å². The van der Waals surface area contributed by atoms with Gasteiger partial charge in [0.15, 0.2) is 0 Å². The SMILES string of the molecule is CC[C@@H](CC#N)NC(=O)Nc1ccccc1CN1C[C@@H](C)O[C@@H](C)C1. The summed E-state index contributed by atoms with van der Waals surface area (Å²) in [6.45, 7) is 8.65. The highest BCUT2D eigenvalue weighted by Crippen LogP contribution is 2.20. The van der Waals surface area contributed by atoms with Gasteiger partial charge in [-0.25, -0.2) is 4.79 Å². The van der Waals surface area contributed by atoms with Crippen LogP contribution in [0.25, 0.3) is 0 Å². The number of morpholine rings is 1. The first-order valence-corrected chi connectivity index (χ1v) is 8.92. The molecule has 0 spiro atoms. The normalized spacial score (nSPS) is 22.0. The third kappa shape index (κ3) is 6.04. The number of carbonyl (C=O) groups is 1. The molecular weight excluding hydrogens is 316 g/mol. The van der Waals surface area contributed by atoms with Crippen LogP contribution in [-0.2, 0) is 11.3 Å². The maximum Gasteiger partial charge on any atom is 0.319 e. The van der Waals surface area contributed by atoms with Crippen LogP contribution in [0.3, 0.4) is 0 Å². The molecule has 0 aliphatic carbocycles. The van der Waals surface area contributed by atoms with E-state index in [2.05, 4.69) is 35.5 Å². The molecule has 25 heavy (non-hydrogen) atoms. The molecule has 1 heterocycles. The highest BCUT2D eigenvalue weighted by molar-refractivity contribution is 5.90. The monoisotopic (exact) mass is 344 g/mol. The summed E-state index contributed by atoms with van der Waals surface area (Å²) in [5, 5.41) is 14.6. The zero-order chi connectivity index (χ0) is 18.2. The molecule has 1 aromatic carbocycles. The second-order valence-electron chi connectivity index (χ2n) is 6.67. The van der Waals surface area contributed by atoms with E-state index >= 15 is 0 Å². The summed E-state index contributed by atoms with van der Waals surface area (Å²) in [5.41, 5.74) is 1.88. The van der Waals surface area contributed by atoms with Gasteiger partial charge in [-0.2, -0.15) is 5.26 Å². The van der Waals surface area contributed by atoms with Gasteiger partial charge in [-0.05, 0) is 31.9 Å². The van der Waals surface area contributed by atoms with Crippen molar-refractivity contribution < 1.29 is 9.53 Å². The molecule has 6 nitrogen and oxygen atoms in total. The Balaban J connectivity index is 2.00. The number of urea groups is 1. The minimum absolute atomic E-state index is 0.127. The van der Waals surface area contributed by atoms with E-state index in [1.165, 1.54) is 0 Å². The number of benzene rings is 1. The Bertz CT molecular complexity index is 604. The molecule has 3 atom stereocenters. The maximum absolute atomic E-state index is 12.2. The molecule has 2 N–H and O–H groups in total. The van der Waals surface area contributed by atoms with E-state index in [0.29, 0.717) is 6.42 Å². The van der Waals surface area contributed by atoms with Gasteiger partial charge in [0.1, 0.15) is 0 Å². The standard InChI is InChI=1S/C19H28N4O2/c1-4-17(9-10-20)21-19(24)22-18-8-6-5-7-16(18)13-23-11-14(2)25-15(3)12-23/h5-8,14-15,17H,4,9,11-13H2,1-3H3,(H2,21,22,24)/t14-,15+,17-/m0/s1. The Labute approximate surface area is 150 Å². The van der Waals surface area contributed by atoms with Crippen LogP contribution in [0.1, 0.15) is 39.2 Å². The molecule has 0 radical (unpaired) electrons. The molecule has 2 rings (SSSR count). The average molecular weight is 344 g/mol. The predicted molar refractivity (Wildman–Crippen MR) is 98.2 cm³/mol. The predicted octanol–water partition coefficient (Wildman–Crippen LogP) is 3.11. The van der Waals surface area contributed by atoms with Crippen LogP contribution in [0.5, 0.6) is 0 Å². The van der Waals surface area contributed by atoms with Crippen molar-refractivity contribution in [2.24, 2.45) is 0 Å². The van der Waals surface area contributed by atoms with Crippen molar-refractivity contribution in [2.75, 3.05) is 18.4 Å². The van der Waals surface area contributed by atoms with Crippen LogP contribution < -0.4 is 10.6 Å². The van der Waals surface area contributed by atoms with E-state index in [4.69, 9.17) is 10.00 Å². The summed E-state index contributed by atoms with van der Waals surface area (Å²) in [6.07, 6.45) is 1.47. The van der Waals surface area contributed by atoms with Crippen molar-refractivity contribution in [1.29, 1.82) is 5.26 Å². The molecule has 0 aromatic heterocycles. The Morgan fingerprint density at radius 3 is 2.68 bits per heavy atom. The van der Waals surface area contributed by atoms with Crippen LogP contribution in [-0.4, -0.2) is 42.3 Å². The molecule has 136 valence electrons. The molecule has 1 aliphatic heterocycles. The molecular formula is C19H28N4O2. The number of ether oxygens (including phenoxy) is 1. The van der Waals surface area contributed by atoms with E-state index in [0.717, 1.165) is 37.3 Å². The smallest absolute Gasteiger partial charge is 0.319 e. The zero-order valence-corrected chi connectivity index (χ0v) is 15.3. The number of rotatable bonds is 6. The maximum atomic E-state index is 12.2. The van der Waals surface area contributed by atoms with E-state index in [-0.39, 0.29) is 24.3 Å².